The average molecular weight is 381 g/mol. The third kappa shape index (κ3) is 4.71. The zero-order chi connectivity index (χ0) is 19.2. The van der Waals surface area contributed by atoms with Gasteiger partial charge in [-0.25, -0.2) is 0 Å². The summed E-state index contributed by atoms with van der Waals surface area (Å²) in [5, 5.41) is 11.2. The predicted molar refractivity (Wildman–Crippen MR) is 105 cm³/mol. The summed E-state index contributed by atoms with van der Waals surface area (Å²) in [4.78, 5) is 25.3. The number of carbonyl (C=O) groups is 1. The van der Waals surface area contributed by atoms with Gasteiger partial charge in [-0.05, 0) is 23.3 Å². The highest BCUT2D eigenvalue weighted by molar-refractivity contribution is 6.32. The Morgan fingerprint density at radius 2 is 1.41 bits per heavy atom. The van der Waals surface area contributed by atoms with Crippen molar-refractivity contribution in [2.75, 3.05) is 0 Å². The molecule has 0 unspecified atom stereocenters. The molecule has 0 heterocycles. The van der Waals surface area contributed by atoms with Crippen LogP contribution < -0.4 is 0 Å². The first-order chi connectivity index (χ1) is 13.0. The van der Waals surface area contributed by atoms with Gasteiger partial charge in [0.2, 0.25) is 0 Å². The zero-order valence-corrected chi connectivity index (χ0v) is 15.2. The van der Waals surface area contributed by atoms with Gasteiger partial charge in [0.15, 0.2) is 0 Å². The normalized spacial score (nSPS) is 10.4. The lowest BCUT2D eigenvalue weighted by atomic mass is 10.1. The molecule has 0 aromatic heterocycles. The molecule has 0 saturated heterocycles. The first-order valence-corrected chi connectivity index (χ1v) is 8.73. The fourth-order valence-electron chi connectivity index (χ4n) is 2.78. The molecule has 0 bridgehead atoms. The van der Waals surface area contributed by atoms with Gasteiger partial charge in [0.25, 0.3) is 11.6 Å². The van der Waals surface area contributed by atoms with E-state index in [9.17, 15) is 14.9 Å². The topological polar surface area (TPSA) is 63.4 Å². The number of hydrogen-bond acceptors (Lipinski definition) is 3. The van der Waals surface area contributed by atoms with Crippen LogP contribution in [0.2, 0.25) is 5.02 Å². The lowest BCUT2D eigenvalue weighted by Gasteiger charge is -2.23. The molecule has 0 aliphatic rings. The fourth-order valence-corrected chi connectivity index (χ4v) is 2.96. The van der Waals surface area contributed by atoms with Crippen LogP contribution >= 0.6 is 11.6 Å². The highest BCUT2D eigenvalue weighted by Crippen LogP contribution is 2.26. The van der Waals surface area contributed by atoms with E-state index in [1.54, 1.807) is 4.90 Å². The van der Waals surface area contributed by atoms with Gasteiger partial charge in [-0.15, -0.1) is 0 Å². The molecule has 0 aliphatic heterocycles. The maximum absolute atomic E-state index is 13.1. The van der Waals surface area contributed by atoms with Crippen molar-refractivity contribution in [1.82, 2.24) is 4.90 Å². The van der Waals surface area contributed by atoms with Gasteiger partial charge in [-0.1, -0.05) is 72.3 Å². The molecule has 3 aromatic rings. The van der Waals surface area contributed by atoms with Crippen molar-refractivity contribution in [3.8, 4) is 0 Å². The number of nitrogens with zero attached hydrogens (tertiary/aromatic N) is 2. The lowest BCUT2D eigenvalue weighted by Crippen LogP contribution is -2.30. The number of nitro benzene ring substituents is 1. The maximum atomic E-state index is 13.1. The molecule has 0 spiro atoms. The van der Waals surface area contributed by atoms with Crippen LogP contribution in [0, 0.1) is 10.1 Å². The van der Waals surface area contributed by atoms with Gasteiger partial charge < -0.3 is 4.90 Å². The first kappa shape index (κ1) is 18.6. The minimum atomic E-state index is -0.585. The quantitative estimate of drug-likeness (QED) is 0.442. The Labute approximate surface area is 162 Å². The Bertz CT molecular complexity index is 905. The fraction of sp³-hybridized carbons (Fsp3) is 0.0952. The van der Waals surface area contributed by atoms with Crippen LogP contribution in [0.4, 0.5) is 5.69 Å². The number of amides is 1. The van der Waals surface area contributed by atoms with Crippen LogP contribution in [-0.4, -0.2) is 15.7 Å². The summed E-state index contributed by atoms with van der Waals surface area (Å²) in [6, 6.07) is 23.4. The van der Waals surface area contributed by atoms with E-state index in [-0.39, 0.29) is 22.2 Å². The van der Waals surface area contributed by atoms with Crippen molar-refractivity contribution in [3.63, 3.8) is 0 Å². The second-order valence-electron chi connectivity index (χ2n) is 6.06. The molecule has 27 heavy (non-hydrogen) atoms. The Kier molecular flexibility index (Phi) is 5.84. The highest BCUT2D eigenvalue weighted by atomic mass is 35.5. The number of halogens is 1. The summed E-state index contributed by atoms with van der Waals surface area (Å²) in [5.41, 5.74) is 1.91. The van der Waals surface area contributed by atoms with Crippen LogP contribution in [0.3, 0.4) is 0 Å². The largest absolute Gasteiger partial charge is 0.330 e. The van der Waals surface area contributed by atoms with Crippen molar-refractivity contribution in [2.45, 2.75) is 13.1 Å². The molecule has 5 nitrogen and oxygen atoms in total. The minimum Gasteiger partial charge on any atom is -0.330 e. The summed E-state index contributed by atoms with van der Waals surface area (Å²) < 4.78 is 0. The van der Waals surface area contributed by atoms with Gasteiger partial charge in [0.05, 0.1) is 4.92 Å². The number of carbonyl (C=O) groups excluding carboxylic acids is 1. The summed E-state index contributed by atoms with van der Waals surface area (Å²) in [6.45, 7) is 0.788. The molecule has 0 fully saturated rings. The van der Waals surface area contributed by atoms with Gasteiger partial charge in [-0.3, -0.25) is 14.9 Å². The average Bonchev–Trinajstić information content (AvgIpc) is 2.69. The van der Waals surface area contributed by atoms with Crippen molar-refractivity contribution in [3.05, 3.63) is 111 Å². The third-order valence-corrected chi connectivity index (χ3v) is 4.43. The SMILES string of the molecule is O=C(c1ccc(Cl)c([N+](=O)[O-])c1)N(Cc1ccccc1)Cc1ccccc1. The van der Waals surface area contributed by atoms with Gasteiger partial charge >= 0.3 is 0 Å². The second kappa shape index (κ2) is 8.47. The first-order valence-electron chi connectivity index (χ1n) is 8.35. The Morgan fingerprint density at radius 3 is 1.89 bits per heavy atom. The number of rotatable bonds is 6. The molecule has 136 valence electrons. The summed E-state index contributed by atoms with van der Waals surface area (Å²) >= 11 is 5.87. The van der Waals surface area contributed by atoms with Crippen molar-refractivity contribution >= 4 is 23.2 Å². The van der Waals surface area contributed by atoms with E-state index < -0.39 is 4.92 Å². The highest BCUT2D eigenvalue weighted by Gasteiger charge is 2.21. The molecule has 0 N–H and O–H groups in total. The molecular formula is C21H17ClN2O3. The maximum Gasteiger partial charge on any atom is 0.288 e. The van der Waals surface area contributed by atoms with Crippen LogP contribution in [0.15, 0.2) is 78.9 Å². The molecule has 0 radical (unpaired) electrons. The standard InChI is InChI=1S/C21H17ClN2O3/c22-19-12-11-18(13-20(19)24(26)27)21(25)23(14-16-7-3-1-4-8-16)15-17-9-5-2-6-10-17/h1-13H,14-15H2. The van der Waals surface area contributed by atoms with E-state index >= 15 is 0 Å². The summed E-state index contributed by atoms with van der Waals surface area (Å²) in [5.74, 6) is -0.289. The summed E-state index contributed by atoms with van der Waals surface area (Å²) in [7, 11) is 0. The van der Waals surface area contributed by atoms with Gasteiger partial charge in [0, 0.05) is 24.7 Å². The Morgan fingerprint density at radius 1 is 0.889 bits per heavy atom. The van der Waals surface area contributed by atoms with E-state index in [0.29, 0.717) is 13.1 Å². The number of hydrogen-bond donors (Lipinski definition) is 0. The number of benzene rings is 3. The zero-order valence-electron chi connectivity index (χ0n) is 14.4. The minimum absolute atomic E-state index is 0.00854. The molecule has 1 amide bonds. The monoisotopic (exact) mass is 380 g/mol. The molecule has 3 rings (SSSR count). The molecular weight excluding hydrogens is 364 g/mol. The molecule has 0 aliphatic carbocycles. The van der Waals surface area contributed by atoms with Crippen LogP contribution in [-0.2, 0) is 13.1 Å². The van der Waals surface area contributed by atoms with Crippen molar-refractivity contribution in [1.29, 1.82) is 0 Å². The van der Waals surface area contributed by atoms with Gasteiger partial charge in [0.1, 0.15) is 5.02 Å². The Hall–Kier alpha value is -3.18. The molecule has 6 heteroatoms. The smallest absolute Gasteiger partial charge is 0.288 e. The van der Waals surface area contributed by atoms with E-state index in [2.05, 4.69) is 0 Å². The van der Waals surface area contributed by atoms with Crippen molar-refractivity contribution in [2.24, 2.45) is 0 Å². The molecule has 3 aromatic carbocycles. The molecule has 0 saturated carbocycles. The predicted octanol–water partition coefficient (Wildman–Crippen LogP) is 5.09. The Balaban J connectivity index is 1.92. The van der Waals surface area contributed by atoms with Crippen molar-refractivity contribution < 1.29 is 9.72 Å². The van der Waals surface area contributed by atoms with Crippen LogP contribution in [0.5, 0.6) is 0 Å². The number of nitro groups is 1. The molecule has 0 atom stereocenters. The summed E-state index contributed by atoms with van der Waals surface area (Å²) in [6.07, 6.45) is 0. The van der Waals surface area contributed by atoms with E-state index in [1.807, 2.05) is 60.7 Å². The van der Waals surface area contributed by atoms with Crippen LogP contribution in [0.25, 0.3) is 0 Å². The van der Waals surface area contributed by atoms with E-state index in [4.69, 9.17) is 11.6 Å². The second-order valence-corrected chi connectivity index (χ2v) is 6.46. The van der Waals surface area contributed by atoms with E-state index in [0.717, 1.165) is 11.1 Å². The van der Waals surface area contributed by atoms with Gasteiger partial charge in [-0.2, -0.15) is 0 Å². The van der Waals surface area contributed by atoms with E-state index in [1.165, 1.54) is 18.2 Å². The lowest BCUT2D eigenvalue weighted by molar-refractivity contribution is -0.384. The third-order valence-electron chi connectivity index (χ3n) is 4.11. The van der Waals surface area contributed by atoms with Crippen LogP contribution in [0.1, 0.15) is 21.5 Å².